The van der Waals surface area contributed by atoms with Crippen LogP contribution in [-0.2, 0) is 17.6 Å². The average Bonchev–Trinajstić information content (AvgIpc) is 2.66. The molecule has 3 rings (SSSR count). The van der Waals surface area contributed by atoms with Gasteiger partial charge in [0.25, 0.3) is 5.91 Å². The highest BCUT2D eigenvalue weighted by atomic mass is 16.5. The number of amides is 1. The number of piperidine rings is 1. The van der Waals surface area contributed by atoms with Gasteiger partial charge >= 0.3 is 0 Å². The molecule has 26 heavy (non-hydrogen) atoms. The molecule has 1 aromatic carbocycles. The number of rotatable bonds is 8. The maximum absolute atomic E-state index is 11.3. The van der Waals surface area contributed by atoms with Crippen LogP contribution in [-0.4, -0.2) is 43.6 Å². The van der Waals surface area contributed by atoms with Crippen molar-refractivity contribution in [3.63, 3.8) is 0 Å². The summed E-state index contributed by atoms with van der Waals surface area (Å²) in [6.07, 6.45) is 9.19. The molecule has 0 bridgehead atoms. The van der Waals surface area contributed by atoms with Gasteiger partial charge in [-0.2, -0.15) is 0 Å². The number of hydrogen-bond acceptors (Lipinski definition) is 4. The third-order valence-corrected chi connectivity index (χ3v) is 5.83. The zero-order valence-corrected chi connectivity index (χ0v) is 15.8. The van der Waals surface area contributed by atoms with Gasteiger partial charge in [-0.15, -0.1) is 0 Å². The van der Waals surface area contributed by atoms with Gasteiger partial charge in [0.15, 0.2) is 6.61 Å². The minimum absolute atomic E-state index is 0.0264. The first-order valence-corrected chi connectivity index (χ1v) is 10.2. The summed E-state index contributed by atoms with van der Waals surface area (Å²) in [5.74, 6) is 1.07. The zero-order chi connectivity index (χ0) is 18.4. The fourth-order valence-corrected chi connectivity index (χ4v) is 4.39. The number of carbonyl (C=O) groups excluding carboxylic acids is 1. The van der Waals surface area contributed by atoms with Crippen molar-refractivity contribution in [1.82, 2.24) is 4.90 Å². The lowest BCUT2D eigenvalue weighted by Crippen LogP contribution is -2.34. The van der Waals surface area contributed by atoms with E-state index in [-0.39, 0.29) is 6.61 Å². The normalized spacial score (nSPS) is 18.5. The molecule has 0 unspecified atom stereocenters. The molecule has 0 spiro atoms. The summed E-state index contributed by atoms with van der Waals surface area (Å²) >= 11 is 0. The quantitative estimate of drug-likeness (QED) is 0.698. The fraction of sp³-hybridized carbons (Fsp3) is 0.667. The Bertz CT molecular complexity index is 610. The van der Waals surface area contributed by atoms with E-state index in [0.717, 1.165) is 64.0 Å². The molecule has 2 aliphatic rings. The Morgan fingerprint density at radius 2 is 1.92 bits per heavy atom. The number of aryl methyl sites for hydroxylation is 1. The first-order chi connectivity index (χ1) is 12.7. The van der Waals surface area contributed by atoms with Crippen molar-refractivity contribution in [2.75, 3.05) is 32.8 Å². The number of nitrogens with zero attached hydrogens (tertiary/aromatic N) is 1. The van der Waals surface area contributed by atoms with Crippen molar-refractivity contribution in [2.45, 2.75) is 57.3 Å². The van der Waals surface area contributed by atoms with Crippen LogP contribution in [0.25, 0.3) is 0 Å². The van der Waals surface area contributed by atoms with Crippen molar-refractivity contribution < 1.29 is 9.53 Å². The monoisotopic (exact) mass is 359 g/mol. The van der Waals surface area contributed by atoms with E-state index in [4.69, 9.17) is 16.2 Å². The van der Waals surface area contributed by atoms with Crippen LogP contribution in [0.3, 0.4) is 0 Å². The van der Waals surface area contributed by atoms with Crippen LogP contribution in [0.5, 0.6) is 5.75 Å². The smallest absolute Gasteiger partial charge is 0.255 e. The predicted molar refractivity (Wildman–Crippen MR) is 104 cm³/mol. The van der Waals surface area contributed by atoms with Gasteiger partial charge in [-0.1, -0.05) is 12.1 Å². The Morgan fingerprint density at radius 1 is 1.15 bits per heavy atom. The number of unbranched alkanes of at least 4 members (excludes halogenated alkanes) is 1. The van der Waals surface area contributed by atoms with E-state index >= 15 is 0 Å². The molecule has 1 heterocycles. The Balaban J connectivity index is 1.71. The molecule has 0 radical (unpaired) electrons. The van der Waals surface area contributed by atoms with E-state index in [1.807, 2.05) is 0 Å². The van der Waals surface area contributed by atoms with Crippen molar-refractivity contribution in [3.8, 4) is 5.75 Å². The molecule has 1 aliphatic carbocycles. The van der Waals surface area contributed by atoms with Crippen LogP contribution >= 0.6 is 0 Å². The second kappa shape index (κ2) is 9.38. The summed E-state index contributed by atoms with van der Waals surface area (Å²) < 4.78 is 5.95. The van der Waals surface area contributed by atoms with Gasteiger partial charge < -0.3 is 21.1 Å². The highest BCUT2D eigenvalue weighted by Crippen LogP contribution is 2.40. The van der Waals surface area contributed by atoms with Gasteiger partial charge in [0, 0.05) is 0 Å². The number of carbonyl (C=O) groups is 1. The molecule has 5 heteroatoms. The van der Waals surface area contributed by atoms with Gasteiger partial charge in [0.2, 0.25) is 0 Å². The van der Waals surface area contributed by atoms with Crippen LogP contribution in [0, 0.1) is 0 Å². The molecular formula is C21H33N3O2. The minimum atomic E-state index is -0.404. The number of nitrogens with two attached hydrogens (primary N) is 2. The Morgan fingerprint density at radius 3 is 2.65 bits per heavy atom. The van der Waals surface area contributed by atoms with Gasteiger partial charge in [-0.25, -0.2) is 0 Å². The summed E-state index contributed by atoms with van der Waals surface area (Å²) in [6.45, 7) is 4.16. The third-order valence-electron chi connectivity index (χ3n) is 5.83. The van der Waals surface area contributed by atoms with Crippen LogP contribution in [0.15, 0.2) is 12.1 Å². The van der Waals surface area contributed by atoms with E-state index in [1.54, 1.807) is 0 Å². The lowest BCUT2D eigenvalue weighted by molar-refractivity contribution is -0.119. The summed E-state index contributed by atoms with van der Waals surface area (Å²) in [5, 5.41) is 0. The highest BCUT2D eigenvalue weighted by Gasteiger charge is 2.26. The molecule has 1 amide bonds. The van der Waals surface area contributed by atoms with E-state index in [1.165, 1.54) is 36.0 Å². The molecular weight excluding hydrogens is 326 g/mol. The van der Waals surface area contributed by atoms with Crippen LogP contribution in [0.2, 0.25) is 0 Å². The molecule has 1 fully saturated rings. The van der Waals surface area contributed by atoms with E-state index < -0.39 is 5.91 Å². The van der Waals surface area contributed by atoms with E-state index in [2.05, 4.69) is 17.0 Å². The second-order valence-corrected chi connectivity index (χ2v) is 7.70. The van der Waals surface area contributed by atoms with E-state index in [0.29, 0.717) is 5.92 Å². The number of fused-ring (bicyclic) bond motifs is 1. The molecule has 0 aromatic heterocycles. The molecule has 144 valence electrons. The van der Waals surface area contributed by atoms with Crippen molar-refractivity contribution in [1.29, 1.82) is 0 Å². The summed E-state index contributed by atoms with van der Waals surface area (Å²) in [4.78, 5) is 13.8. The maximum atomic E-state index is 11.3. The van der Waals surface area contributed by atoms with Crippen molar-refractivity contribution >= 4 is 5.91 Å². The molecule has 1 aliphatic heterocycles. The molecule has 0 atom stereocenters. The number of hydrogen-bond donors (Lipinski definition) is 2. The minimum Gasteiger partial charge on any atom is -0.483 e. The lowest BCUT2D eigenvalue weighted by Gasteiger charge is -2.34. The topological polar surface area (TPSA) is 81.6 Å². The molecule has 1 aromatic rings. The van der Waals surface area contributed by atoms with Crippen molar-refractivity contribution in [2.24, 2.45) is 11.5 Å². The number of ether oxygens (including phenoxy) is 1. The average molecular weight is 360 g/mol. The summed E-state index contributed by atoms with van der Waals surface area (Å²) in [6, 6.07) is 4.53. The third kappa shape index (κ3) is 4.77. The van der Waals surface area contributed by atoms with Gasteiger partial charge in [0.1, 0.15) is 5.75 Å². The van der Waals surface area contributed by atoms with Crippen molar-refractivity contribution in [3.05, 3.63) is 28.8 Å². The van der Waals surface area contributed by atoms with Crippen LogP contribution < -0.4 is 16.2 Å². The lowest BCUT2D eigenvalue weighted by atomic mass is 9.83. The largest absolute Gasteiger partial charge is 0.483 e. The molecule has 1 saturated heterocycles. The van der Waals surface area contributed by atoms with Gasteiger partial charge in [-0.05, 0) is 100 Å². The van der Waals surface area contributed by atoms with Gasteiger partial charge in [0.05, 0.1) is 0 Å². The fourth-order valence-electron chi connectivity index (χ4n) is 4.39. The molecule has 5 nitrogen and oxygen atoms in total. The summed E-state index contributed by atoms with van der Waals surface area (Å²) in [7, 11) is 0. The second-order valence-electron chi connectivity index (χ2n) is 7.70. The summed E-state index contributed by atoms with van der Waals surface area (Å²) in [5.41, 5.74) is 14.9. The zero-order valence-electron chi connectivity index (χ0n) is 15.8. The molecule has 4 N–H and O–H groups in total. The highest BCUT2D eigenvalue weighted by molar-refractivity contribution is 5.75. The van der Waals surface area contributed by atoms with Gasteiger partial charge in [-0.3, -0.25) is 4.79 Å². The first-order valence-electron chi connectivity index (χ1n) is 10.2. The number of benzene rings is 1. The van der Waals surface area contributed by atoms with Crippen LogP contribution in [0.1, 0.15) is 61.1 Å². The first kappa shape index (κ1) is 19.2. The van der Waals surface area contributed by atoms with Crippen LogP contribution in [0.4, 0.5) is 0 Å². The predicted octanol–water partition coefficient (Wildman–Crippen LogP) is 2.35. The number of likely N-dealkylation sites (tertiary alicyclic amines) is 1. The van der Waals surface area contributed by atoms with E-state index in [9.17, 15) is 4.79 Å². The Labute approximate surface area is 157 Å². The Kier molecular flexibility index (Phi) is 6.92. The standard InChI is InChI=1S/C21H33N3O2/c22-11-3-4-12-24-13-9-17(10-14-24)19-8-7-16-5-1-2-6-18(16)21(19)26-15-20(23)25/h7-8,17H,1-6,9-15,22H2,(H2,23,25). The molecule has 0 saturated carbocycles. The SMILES string of the molecule is NCCCCN1CCC(c2ccc3c(c2OCC(N)=O)CCCC3)CC1. The maximum Gasteiger partial charge on any atom is 0.255 e. The Hall–Kier alpha value is -1.59. The number of primary amides is 1.